The topological polar surface area (TPSA) is 95.9 Å². The minimum atomic E-state index is -0.989. The number of aliphatic carboxylic acids is 1. The number of hydrogen-bond donors (Lipinski definition) is 2. The first-order valence-electron chi connectivity index (χ1n) is 6.20. The van der Waals surface area contributed by atoms with Gasteiger partial charge in [-0.05, 0) is 17.7 Å². The molecule has 0 unspecified atom stereocenters. The molecule has 2 aromatic rings. The van der Waals surface area contributed by atoms with Crippen LogP contribution < -0.4 is 5.56 Å². The number of carboxylic acid groups (broad SMARTS) is 1. The number of aromatic nitrogens is 3. The summed E-state index contributed by atoms with van der Waals surface area (Å²) in [7, 11) is 0. The number of carboxylic acids is 1. The molecule has 0 amide bonds. The number of carbonyl (C=O) groups is 1. The van der Waals surface area contributed by atoms with Crippen LogP contribution in [0.1, 0.15) is 17.7 Å². The lowest BCUT2D eigenvalue weighted by Gasteiger charge is -2.04. The Labute approximate surface area is 139 Å². The summed E-state index contributed by atoms with van der Waals surface area (Å²) < 4.78 is 0. The van der Waals surface area contributed by atoms with Gasteiger partial charge in [0.05, 0.1) is 6.42 Å². The van der Waals surface area contributed by atoms with Gasteiger partial charge in [-0.25, -0.2) is 0 Å². The van der Waals surface area contributed by atoms with Crippen LogP contribution >= 0.6 is 35.0 Å². The highest BCUT2D eigenvalue weighted by Gasteiger charge is 2.09. The van der Waals surface area contributed by atoms with Crippen molar-refractivity contribution in [2.24, 2.45) is 0 Å². The standard InChI is InChI=1S/C13H11Cl2N3O3S/c14-8-2-1-7(9(15)5-8)6-22-13-16-12(21)10(17-18-13)3-4-11(19)20/h1-2,5H,3-4,6H2,(H,19,20)(H,16,18,21). The van der Waals surface area contributed by atoms with E-state index >= 15 is 0 Å². The molecular weight excluding hydrogens is 349 g/mol. The van der Waals surface area contributed by atoms with Crippen molar-refractivity contribution in [1.82, 2.24) is 15.2 Å². The van der Waals surface area contributed by atoms with Crippen LogP contribution in [0, 0.1) is 0 Å². The Hall–Kier alpha value is -1.57. The second-order valence-corrected chi connectivity index (χ2v) is 6.13. The third kappa shape index (κ3) is 4.72. The molecule has 6 nitrogen and oxygen atoms in total. The van der Waals surface area contributed by atoms with Crippen molar-refractivity contribution in [1.29, 1.82) is 0 Å². The Balaban J connectivity index is 2.03. The van der Waals surface area contributed by atoms with E-state index in [4.69, 9.17) is 28.3 Å². The van der Waals surface area contributed by atoms with Gasteiger partial charge in [-0.3, -0.25) is 14.6 Å². The van der Waals surface area contributed by atoms with E-state index in [9.17, 15) is 9.59 Å². The molecule has 0 saturated heterocycles. The number of halogens is 2. The molecule has 1 heterocycles. The number of aromatic amines is 1. The van der Waals surface area contributed by atoms with E-state index < -0.39 is 11.5 Å². The highest BCUT2D eigenvalue weighted by atomic mass is 35.5. The highest BCUT2D eigenvalue weighted by Crippen LogP contribution is 2.26. The number of thioether (sulfide) groups is 1. The van der Waals surface area contributed by atoms with E-state index in [-0.39, 0.29) is 18.5 Å². The van der Waals surface area contributed by atoms with Crippen LogP contribution in [0.15, 0.2) is 28.2 Å². The molecule has 9 heteroatoms. The van der Waals surface area contributed by atoms with Crippen LogP contribution in [-0.4, -0.2) is 26.3 Å². The summed E-state index contributed by atoms with van der Waals surface area (Å²) in [5.41, 5.74) is 0.533. The molecule has 1 aromatic heterocycles. The van der Waals surface area contributed by atoms with Crippen LogP contribution in [-0.2, 0) is 17.0 Å². The fraction of sp³-hybridized carbons (Fsp3) is 0.231. The molecule has 0 aliphatic heterocycles. The summed E-state index contributed by atoms with van der Waals surface area (Å²) >= 11 is 13.2. The van der Waals surface area contributed by atoms with Gasteiger partial charge >= 0.3 is 5.97 Å². The van der Waals surface area contributed by atoms with Crippen molar-refractivity contribution in [3.63, 3.8) is 0 Å². The first kappa shape index (κ1) is 16.8. The summed E-state index contributed by atoms with van der Waals surface area (Å²) in [6, 6.07) is 5.17. The molecule has 116 valence electrons. The molecule has 1 aromatic carbocycles. The van der Waals surface area contributed by atoms with Crippen LogP contribution in [0.25, 0.3) is 0 Å². The number of hydrogen-bond acceptors (Lipinski definition) is 5. The molecule has 0 saturated carbocycles. The zero-order valence-corrected chi connectivity index (χ0v) is 13.5. The summed E-state index contributed by atoms with van der Waals surface area (Å²) in [4.78, 5) is 24.8. The van der Waals surface area contributed by atoms with Gasteiger partial charge < -0.3 is 5.11 Å². The average molecular weight is 360 g/mol. The summed E-state index contributed by atoms with van der Waals surface area (Å²) in [5.74, 6) is -0.494. The van der Waals surface area contributed by atoms with E-state index in [1.165, 1.54) is 11.8 Å². The van der Waals surface area contributed by atoms with E-state index in [2.05, 4.69) is 15.2 Å². The van der Waals surface area contributed by atoms with Crippen LogP contribution in [0.3, 0.4) is 0 Å². The lowest BCUT2D eigenvalue weighted by molar-refractivity contribution is -0.136. The minimum Gasteiger partial charge on any atom is -0.481 e. The van der Waals surface area contributed by atoms with Crippen LogP contribution in [0.2, 0.25) is 10.0 Å². The van der Waals surface area contributed by atoms with Gasteiger partial charge in [0.2, 0.25) is 0 Å². The predicted octanol–water partition coefficient (Wildman–Crippen LogP) is 2.78. The van der Waals surface area contributed by atoms with Crippen molar-refractivity contribution in [2.45, 2.75) is 23.8 Å². The van der Waals surface area contributed by atoms with Gasteiger partial charge in [0.15, 0.2) is 5.16 Å². The SMILES string of the molecule is O=C(O)CCc1nnc(SCc2ccc(Cl)cc2Cl)[nH]c1=O. The van der Waals surface area contributed by atoms with E-state index in [0.717, 1.165) is 5.56 Å². The van der Waals surface area contributed by atoms with Crippen LogP contribution in [0.5, 0.6) is 0 Å². The van der Waals surface area contributed by atoms with E-state index in [0.29, 0.717) is 21.0 Å². The molecule has 0 radical (unpaired) electrons. The Morgan fingerprint density at radius 1 is 1.32 bits per heavy atom. The van der Waals surface area contributed by atoms with Crippen molar-refractivity contribution in [2.75, 3.05) is 0 Å². The van der Waals surface area contributed by atoms with Crippen LogP contribution in [0.4, 0.5) is 0 Å². The average Bonchev–Trinajstić information content (AvgIpc) is 2.45. The van der Waals surface area contributed by atoms with Gasteiger partial charge in [0, 0.05) is 22.2 Å². The van der Waals surface area contributed by atoms with E-state index in [1.807, 2.05) is 0 Å². The zero-order valence-electron chi connectivity index (χ0n) is 11.2. The highest BCUT2D eigenvalue weighted by molar-refractivity contribution is 7.98. The maximum Gasteiger partial charge on any atom is 0.303 e. The van der Waals surface area contributed by atoms with Gasteiger partial charge in [-0.15, -0.1) is 10.2 Å². The second-order valence-electron chi connectivity index (χ2n) is 4.32. The monoisotopic (exact) mass is 359 g/mol. The third-order valence-corrected chi connectivity index (χ3v) is 4.20. The normalized spacial score (nSPS) is 10.6. The number of aryl methyl sites for hydroxylation is 1. The van der Waals surface area contributed by atoms with E-state index in [1.54, 1.807) is 18.2 Å². The quantitative estimate of drug-likeness (QED) is 0.769. The Bertz CT molecular complexity index is 752. The molecule has 22 heavy (non-hydrogen) atoms. The van der Waals surface area contributed by atoms with Crippen molar-refractivity contribution >= 4 is 40.9 Å². The summed E-state index contributed by atoms with van der Waals surface area (Å²) in [6.07, 6.45) is -0.115. The first-order valence-corrected chi connectivity index (χ1v) is 7.94. The Morgan fingerprint density at radius 2 is 2.09 bits per heavy atom. The summed E-state index contributed by atoms with van der Waals surface area (Å²) in [5, 5.41) is 17.7. The lowest BCUT2D eigenvalue weighted by Crippen LogP contribution is -2.18. The fourth-order valence-electron chi connectivity index (χ4n) is 1.58. The number of H-pyrrole nitrogens is 1. The molecule has 0 aliphatic rings. The van der Waals surface area contributed by atoms with Crippen molar-refractivity contribution < 1.29 is 9.90 Å². The smallest absolute Gasteiger partial charge is 0.303 e. The Morgan fingerprint density at radius 3 is 2.73 bits per heavy atom. The maximum atomic E-state index is 11.8. The van der Waals surface area contributed by atoms with Gasteiger partial charge in [0.1, 0.15) is 5.69 Å². The molecule has 0 atom stereocenters. The number of rotatable bonds is 6. The van der Waals surface area contributed by atoms with Crippen molar-refractivity contribution in [3.8, 4) is 0 Å². The molecule has 2 N–H and O–H groups in total. The maximum absolute atomic E-state index is 11.8. The third-order valence-electron chi connectivity index (χ3n) is 2.70. The molecule has 0 fully saturated rings. The van der Waals surface area contributed by atoms with Gasteiger partial charge in [0.25, 0.3) is 5.56 Å². The molecular formula is C13H11Cl2N3O3S. The largest absolute Gasteiger partial charge is 0.481 e. The molecule has 0 aliphatic carbocycles. The van der Waals surface area contributed by atoms with Gasteiger partial charge in [-0.2, -0.15) is 0 Å². The second kappa shape index (κ2) is 7.62. The van der Waals surface area contributed by atoms with Gasteiger partial charge in [-0.1, -0.05) is 41.0 Å². The lowest BCUT2D eigenvalue weighted by atomic mass is 10.2. The molecule has 2 rings (SSSR count). The minimum absolute atomic E-state index is 0.0472. The number of nitrogens with zero attached hydrogens (tertiary/aromatic N) is 2. The first-order chi connectivity index (χ1) is 10.5. The predicted molar refractivity (Wildman–Crippen MR) is 84.6 cm³/mol. The summed E-state index contributed by atoms with van der Waals surface area (Å²) in [6.45, 7) is 0. The number of benzene rings is 1. The number of nitrogens with one attached hydrogen (secondary N) is 1. The fourth-order valence-corrected chi connectivity index (χ4v) is 2.95. The molecule has 0 spiro atoms. The zero-order chi connectivity index (χ0) is 16.1. The van der Waals surface area contributed by atoms with Crippen molar-refractivity contribution in [3.05, 3.63) is 49.9 Å². The molecule has 0 bridgehead atoms. The Kier molecular flexibility index (Phi) is 5.82.